The van der Waals surface area contributed by atoms with Crippen LogP contribution in [0.1, 0.15) is 27.8 Å². The number of carbonyl (C=O) groups is 1. The number of aromatic nitrogens is 2. The van der Waals surface area contributed by atoms with Crippen molar-refractivity contribution >= 4 is 16.9 Å². The number of hydrogen-bond acceptors (Lipinski definition) is 5. The zero-order chi connectivity index (χ0) is 20.4. The summed E-state index contributed by atoms with van der Waals surface area (Å²) >= 11 is 0. The molecule has 0 bridgehead atoms. The molecule has 0 saturated heterocycles. The molecule has 2 aromatic carbocycles. The number of para-hydroxylation sites is 1. The number of hydrogen-bond donors (Lipinski definition) is 1. The number of rotatable bonds is 5. The third-order valence-electron chi connectivity index (χ3n) is 4.73. The average molecular weight is 389 g/mol. The van der Waals surface area contributed by atoms with Crippen LogP contribution in [0.25, 0.3) is 11.0 Å². The maximum absolute atomic E-state index is 13.0. The molecule has 1 unspecified atom stereocenters. The summed E-state index contributed by atoms with van der Waals surface area (Å²) in [5.41, 5.74) is 0.495. The van der Waals surface area contributed by atoms with Crippen LogP contribution in [0, 0.1) is 0 Å². The fraction of sp³-hybridized carbons (Fsp3) is 0.136. The minimum atomic E-state index is -0.686. The molecular formula is C22H19N3O4. The van der Waals surface area contributed by atoms with Crippen molar-refractivity contribution in [2.45, 2.75) is 6.04 Å². The number of fused-ring (bicyclic) bond motifs is 1. The van der Waals surface area contributed by atoms with Gasteiger partial charge in [0.2, 0.25) is 0 Å². The molecule has 4 aromatic rings. The molecule has 2 aromatic heterocycles. The smallest absolute Gasteiger partial charge is 0.349 e. The summed E-state index contributed by atoms with van der Waals surface area (Å²) in [4.78, 5) is 29.7. The van der Waals surface area contributed by atoms with Crippen molar-refractivity contribution in [1.29, 1.82) is 0 Å². The Kier molecular flexibility index (Phi) is 4.87. The molecule has 4 rings (SSSR count). The Bertz CT molecular complexity index is 1220. The Hall–Kier alpha value is -3.87. The molecule has 0 fully saturated rings. The fourth-order valence-corrected chi connectivity index (χ4v) is 3.18. The normalized spacial score (nSPS) is 11.9. The van der Waals surface area contributed by atoms with Gasteiger partial charge in [-0.1, -0.05) is 30.3 Å². The van der Waals surface area contributed by atoms with Gasteiger partial charge in [0.05, 0.1) is 7.11 Å². The van der Waals surface area contributed by atoms with Gasteiger partial charge in [-0.2, -0.15) is 0 Å². The Morgan fingerprint density at radius 1 is 1.17 bits per heavy atom. The highest BCUT2D eigenvalue weighted by Gasteiger charge is 2.23. The monoisotopic (exact) mass is 389 g/mol. The molecular weight excluding hydrogens is 370 g/mol. The van der Waals surface area contributed by atoms with Crippen molar-refractivity contribution < 1.29 is 13.9 Å². The second-order valence-corrected chi connectivity index (χ2v) is 6.56. The number of benzene rings is 2. The lowest BCUT2D eigenvalue weighted by molar-refractivity contribution is 0.0937. The van der Waals surface area contributed by atoms with Crippen LogP contribution in [0.5, 0.6) is 5.75 Å². The van der Waals surface area contributed by atoms with Crippen molar-refractivity contribution in [3.63, 3.8) is 0 Å². The van der Waals surface area contributed by atoms with Gasteiger partial charge in [-0.25, -0.2) is 9.78 Å². The molecule has 0 radical (unpaired) electrons. The molecule has 0 saturated carbocycles. The van der Waals surface area contributed by atoms with Crippen molar-refractivity contribution in [3.05, 3.63) is 94.4 Å². The molecule has 29 heavy (non-hydrogen) atoms. The molecule has 0 aliphatic carbocycles. The summed E-state index contributed by atoms with van der Waals surface area (Å²) in [6.07, 6.45) is 3.45. The second kappa shape index (κ2) is 7.63. The van der Waals surface area contributed by atoms with Gasteiger partial charge in [0, 0.05) is 24.8 Å². The lowest BCUT2D eigenvalue weighted by Gasteiger charge is -2.19. The van der Waals surface area contributed by atoms with Crippen LogP contribution >= 0.6 is 0 Å². The minimum Gasteiger partial charge on any atom is -0.497 e. The van der Waals surface area contributed by atoms with Crippen LogP contribution in [0.4, 0.5) is 0 Å². The predicted molar refractivity (Wildman–Crippen MR) is 108 cm³/mol. The van der Waals surface area contributed by atoms with Gasteiger partial charge < -0.3 is 19.0 Å². The lowest BCUT2D eigenvalue weighted by atomic mass is 10.0. The molecule has 1 amide bonds. The molecule has 0 aliphatic heterocycles. The molecule has 2 heterocycles. The number of nitrogens with one attached hydrogen (secondary N) is 1. The number of methoxy groups -OCH3 is 1. The van der Waals surface area contributed by atoms with E-state index in [2.05, 4.69) is 10.3 Å². The van der Waals surface area contributed by atoms with Crippen LogP contribution in [0.2, 0.25) is 0 Å². The quantitative estimate of drug-likeness (QED) is 0.530. The van der Waals surface area contributed by atoms with Crippen molar-refractivity contribution in [2.75, 3.05) is 7.11 Å². The van der Waals surface area contributed by atoms with E-state index in [1.165, 1.54) is 0 Å². The van der Waals surface area contributed by atoms with Crippen LogP contribution in [-0.4, -0.2) is 22.6 Å². The third kappa shape index (κ3) is 3.62. The van der Waals surface area contributed by atoms with E-state index in [4.69, 9.17) is 9.15 Å². The van der Waals surface area contributed by atoms with Gasteiger partial charge in [0.1, 0.15) is 28.8 Å². The van der Waals surface area contributed by atoms with Crippen molar-refractivity contribution in [1.82, 2.24) is 14.9 Å². The largest absolute Gasteiger partial charge is 0.497 e. The number of nitrogens with zero attached hydrogens (tertiary/aromatic N) is 2. The van der Waals surface area contributed by atoms with Gasteiger partial charge in [-0.05, 0) is 29.8 Å². The maximum atomic E-state index is 13.0. The maximum Gasteiger partial charge on any atom is 0.349 e. The summed E-state index contributed by atoms with van der Waals surface area (Å²) in [6, 6.07) is 15.4. The summed E-state index contributed by atoms with van der Waals surface area (Å²) < 4.78 is 12.3. The van der Waals surface area contributed by atoms with Crippen LogP contribution in [-0.2, 0) is 7.05 Å². The average Bonchev–Trinajstić information content (AvgIpc) is 3.17. The fourth-order valence-electron chi connectivity index (χ4n) is 3.18. The van der Waals surface area contributed by atoms with E-state index in [-0.39, 0.29) is 5.56 Å². The Morgan fingerprint density at radius 3 is 2.62 bits per heavy atom. The molecule has 1 atom stereocenters. The number of imidazole rings is 1. The van der Waals surface area contributed by atoms with Gasteiger partial charge in [0.25, 0.3) is 5.91 Å². The summed E-state index contributed by atoms with van der Waals surface area (Å²) in [7, 11) is 3.43. The van der Waals surface area contributed by atoms with Gasteiger partial charge in [0.15, 0.2) is 0 Å². The molecule has 146 valence electrons. The standard InChI is InChI=1S/C22H19N3O4/c1-25-12-11-23-20(25)19(14-7-9-16(28-2)10-8-14)24-21(26)17-13-15-5-3-4-6-18(15)29-22(17)27/h3-13,19H,1-2H3,(H,24,26). The van der Waals surface area contributed by atoms with E-state index < -0.39 is 17.6 Å². The summed E-state index contributed by atoms with van der Waals surface area (Å²) in [6.45, 7) is 0. The predicted octanol–water partition coefficient (Wildman–Crippen LogP) is 3.05. The Balaban J connectivity index is 1.72. The van der Waals surface area contributed by atoms with Gasteiger partial charge >= 0.3 is 5.63 Å². The van der Waals surface area contributed by atoms with E-state index in [1.807, 2.05) is 41.9 Å². The number of amides is 1. The Morgan fingerprint density at radius 2 is 1.93 bits per heavy atom. The first-order valence-corrected chi connectivity index (χ1v) is 9.02. The van der Waals surface area contributed by atoms with Crippen LogP contribution < -0.4 is 15.7 Å². The van der Waals surface area contributed by atoms with Gasteiger partial charge in [-0.3, -0.25) is 4.79 Å². The zero-order valence-corrected chi connectivity index (χ0v) is 16.0. The molecule has 7 heteroatoms. The van der Waals surface area contributed by atoms with Crippen molar-refractivity contribution in [2.24, 2.45) is 7.05 Å². The van der Waals surface area contributed by atoms with E-state index in [1.54, 1.807) is 43.8 Å². The zero-order valence-electron chi connectivity index (χ0n) is 16.0. The topological polar surface area (TPSA) is 86.4 Å². The second-order valence-electron chi connectivity index (χ2n) is 6.56. The third-order valence-corrected chi connectivity index (χ3v) is 4.73. The number of ether oxygens (including phenoxy) is 1. The van der Waals surface area contributed by atoms with Crippen molar-refractivity contribution in [3.8, 4) is 5.75 Å². The lowest BCUT2D eigenvalue weighted by Crippen LogP contribution is -2.33. The Labute approximate surface area is 166 Å². The number of aryl methyl sites for hydroxylation is 1. The van der Waals surface area contributed by atoms with Gasteiger partial charge in [-0.15, -0.1) is 0 Å². The molecule has 0 spiro atoms. The van der Waals surface area contributed by atoms with E-state index in [9.17, 15) is 9.59 Å². The highest BCUT2D eigenvalue weighted by molar-refractivity contribution is 5.97. The van der Waals surface area contributed by atoms with E-state index >= 15 is 0 Å². The first kappa shape index (κ1) is 18.5. The molecule has 7 nitrogen and oxygen atoms in total. The highest BCUT2D eigenvalue weighted by atomic mass is 16.5. The molecule has 1 N–H and O–H groups in total. The van der Waals surface area contributed by atoms with Crippen LogP contribution in [0.15, 0.2) is 76.2 Å². The first-order chi connectivity index (χ1) is 14.1. The van der Waals surface area contributed by atoms with Crippen LogP contribution in [0.3, 0.4) is 0 Å². The van der Waals surface area contributed by atoms with E-state index in [0.717, 1.165) is 5.56 Å². The molecule has 0 aliphatic rings. The van der Waals surface area contributed by atoms with E-state index in [0.29, 0.717) is 22.5 Å². The summed E-state index contributed by atoms with van der Waals surface area (Å²) in [5.74, 6) is 0.802. The minimum absolute atomic E-state index is 0.0589. The highest BCUT2D eigenvalue weighted by Crippen LogP contribution is 2.23. The number of carbonyl (C=O) groups excluding carboxylic acids is 1. The first-order valence-electron chi connectivity index (χ1n) is 9.02. The summed E-state index contributed by atoms with van der Waals surface area (Å²) in [5, 5.41) is 3.59. The SMILES string of the molecule is COc1ccc(C(NC(=O)c2cc3ccccc3oc2=O)c2nccn2C)cc1.